The number of hydrogen-bond acceptors (Lipinski definition) is 8. The van der Waals surface area contributed by atoms with E-state index in [1.165, 1.54) is 17.7 Å². The predicted molar refractivity (Wildman–Crippen MR) is 140 cm³/mol. The van der Waals surface area contributed by atoms with Crippen molar-refractivity contribution in [2.45, 2.75) is 39.5 Å². The smallest absolute Gasteiger partial charge is 0.419 e. The van der Waals surface area contributed by atoms with Gasteiger partial charge in [-0.2, -0.15) is 8.42 Å². The van der Waals surface area contributed by atoms with Gasteiger partial charge in [0, 0.05) is 29.6 Å². The second-order valence-electron chi connectivity index (χ2n) is 10.3. The average Bonchev–Trinajstić information content (AvgIpc) is 3.32. The van der Waals surface area contributed by atoms with E-state index in [9.17, 15) is 18.0 Å². The molecule has 37 heavy (non-hydrogen) atoms. The minimum atomic E-state index is -3.91. The van der Waals surface area contributed by atoms with E-state index in [1.54, 1.807) is 20.8 Å². The molecule has 0 saturated carbocycles. The quantitative estimate of drug-likeness (QED) is 0.480. The molecule has 1 aliphatic rings. The Morgan fingerprint density at radius 2 is 1.86 bits per heavy atom. The Kier molecular flexibility index (Phi) is 6.72. The molecule has 0 saturated heterocycles. The molecular formula is C26H31N3O7S. The number of carbonyl (C=O) groups excluding carboxylic acids is 2. The maximum absolute atomic E-state index is 13.5. The van der Waals surface area contributed by atoms with Crippen LogP contribution in [0.2, 0.25) is 0 Å². The molecule has 1 amide bonds. The van der Waals surface area contributed by atoms with Crippen molar-refractivity contribution in [1.29, 1.82) is 0 Å². The third-order valence-electron chi connectivity index (χ3n) is 5.67. The number of aromatic nitrogens is 1. The Bertz CT molecular complexity index is 1520. The second kappa shape index (κ2) is 9.38. The summed E-state index contributed by atoms with van der Waals surface area (Å²) in [7, 11) is 1.41. The molecule has 0 radical (unpaired) electrons. The zero-order valence-corrected chi connectivity index (χ0v) is 22.8. The van der Waals surface area contributed by atoms with Gasteiger partial charge in [-0.25, -0.2) is 9.36 Å². The van der Waals surface area contributed by atoms with Crippen molar-refractivity contribution in [3.05, 3.63) is 47.0 Å². The normalized spacial score (nSPS) is 13.6. The summed E-state index contributed by atoms with van der Waals surface area (Å²) in [4.78, 5) is 28.5. The van der Waals surface area contributed by atoms with Crippen molar-refractivity contribution >= 4 is 33.0 Å². The van der Waals surface area contributed by atoms with E-state index in [0.29, 0.717) is 28.9 Å². The molecule has 2 heterocycles. The molecule has 0 fully saturated rings. The van der Waals surface area contributed by atoms with Crippen LogP contribution in [0.15, 0.2) is 30.3 Å². The first kappa shape index (κ1) is 26.5. The van der Waals surface area contributed by atoms with Crippen LogP contribution < -0.4 is 14.2 Å². The highest BCUT2D eigenvalue weighted by Gasteiger charge is 2.34. The number of rotatable bonds is 6. The van der Waals surface area contributed by atoms with E-state index in [2.05, 4.69) is 5.32 Å². The highest BCUT2D eigenvalue weighted by molar-refractivity contribution is 7.86. The SMILES string of the molecule is COc1cc(-c2cc3cc(CN(C)C)ccc3n2C(=O)OC(C)(C)C)c2c(c1OS(C)(=O)=O)CNC2=O. The lowest BCUT2D eigenvalue weighted by atomic mass is 9.98. The highest BCUT2D eigenvalue weighted by Crippen LogP contribution is 2.44. The molecule has 0 aliphatic carbocycles. The van der Waals surface area contributed by atoms with Crippen molar-refractivity contribution in [1.82, 2.24) is 14.8 Å². The number of benzene rings is 2. The number of nitrogens with one attached hydrogen (secondary N) is 1. The average molecular weight is 530 g/mol. The molecule has 0 bridgehead atoms. The van der Waals surface area contributed by atoms with Gasteiger partial charge in [0.2, 0.25) is 0 Å². The monoisotopic (exact) mass is 529 g/mol. The Morgan fingerprint density at radius 1 is 1.16 bits per heavy atom. The summed E-state index contributed by atoms with van der Waals surface area (Å²) in [5.41, 5.74) is 2.22. The summed E-state index contributed by atoms with van der Waals surface area (Å²) in [5, 5.41) is 3.50. The summed E-state index contributed by atoms with van der Waals surface area (Å²) in [6.45, 7) is 6.07. The zero-order valence-electron chi connectivity index (χ0n) is 22.0. The minimum absolute atomic E-state index is 0.0445. The second-order valence-corrected chi connectivity index (χ2v) is 11.8. The van der Waals surface area contributed by atoms with Crippen LogP contribution in [0.3, 0.4) is 0 Å². The molecule has 0 atom stereocenters. The number of methoxy groups -OCH3 is 1. The van der Waals surface area contributed by atoms with Gasteiger partial charge in [-0.05, 0) is 64.7 Å². The Labute approximate surface area is 216 Å². The Balaban J connectivity index is 2.03. The Hall–Kier alpha value is -3.57. The van der Waals surface area contributed by atoms with E-state index >= 15 is 0 Å². The lowest BCUT2D eigenvalue weighted by Gasteiger charge is -2.22. The molecule has 1 aromatic heterocycles. The van der Waals surface area contributed by atoms with Gasteiger partial charge in [0.1, 0.15) is 5.60 Å². The van der Waals surface area contributed by atoms with Crippen LogP contribution in [0.5, 0.6) is 11.5 Å². The van der Waals surface area contributed by atoms with Crippen molar-refractivity contribution in [2.75, 3.05) is 27.5 Å². The van der Waals surface area contributed by atoms with Crippen molar-refractivity contribution in [2.24, 2.45) is 0 Å². The van der Waals surface area contributed by atoms with Gasteiger partial charge in [-0.1, -0.05) is 6.07 Å². The van der Waals surface area contributed by atoms with E-state index in [1.807, 2.05) is 43.3 Å². The lowest BCUT2D eigenvalue weighted by Crippen LogP contribution is -2.27. The summed E-state index contributed by atoms with van der Waals surface area (Å²) in [5.74, 6) is -0.361. The van der Waals surface area contributed by atoms with Gasteiger partial charge in [0.25, 0.3) is 5.91 Å². The first-order valence-electron chi connectivity index (χ1n) is 11.6. The van der Waals surface area contributed by atoms with Crippen molar-refractivity contribution in [3.63, 3.8) is 0 Å². The number of fused-ring (bicyclic) bond motifs is 2. The van der Waals surface area contributed by atoms with Gasteiger partial charge >= 0.3 is 16.2 Å². The number of amides is 1. The number of ether oxygens (including phenoxy) is 2. The number of hydrogen-bond donors (Lipinski definition) is 1. The van der Waals surface area contributed by atoms with Gasteiger partial charge in [0.05, 0.1) is 30.1 Å². The predicted octanol–water partition coefficient (Wildman–Crippen LogP) is 3.74. The molecule has 0 unspecified atom stereocenters. The summed E-state index contributed by atoms with van der Waals surface area (Å²) in [6.07, 6.45) is 0.309. The molecule has 3 aromatic rings. The van der Waals surface area contributed by atoms with Gasteiger partial charge in [0.15, 0.2) is 11.5 Å². The van der Waals surface area contributed by atoms with E-state index < -0.39 is 27.7 Å². The van der Waals surface area contributed by atoms with Crippen LogP contribution in [0.1, 0.15) is 42.3 Å². The minimum Gasteiger partial charge on any atom is -0.493 e. The van der Waals surface area contributed by atoms with Crippen molar-refractivity contribution in [3.8, 4) is 22.8 Å². The van der Waals surface area contributed by atoms with Crippen LogP contribution in [0, 0.1) is 0 Å². The van der Waals surface area contributed by atoms with Crippen molar-refractivity contribution < 1.29 is 31.7 Å². The molecule has 10 nitrogen and oxygen atoms in total. The maximum Gasteiger partial charge on any atom is 0.419 e. The molecular weight excluding hydrogens is 498 g/mol. The van der Waals surface area contributed by atoms with E-state index in [0.717, 1.165) is 17.2 Å². The van der Waals surface area contributed by atoms with Crippen LogP contribution in [0.25, 0.3) is 22.2 Å². The lowest BCUT2D eigenvalue weighted by molar-refractivity contribution is 0.0546. The van der Waals surface area contributed by atoms with E-state index in [4.69, 9.17) is 13.7 Å². The van der Waals surface area contributed by atoms with E-state index in [-0.39, 0.29) is 23.6 Å². The highest BCUT2D eigenvalue weighted by atomic mass is 32.2. The summed E-state index contributed by atoms with van der Waals surface area (Å²) >= 11 is 0. The topological polar surface area (TPSA) is 116 Å². The largest absolute Gasteiger partial charge is 0.493 e. The third kappa shape index (κ3) is 5.42. The molecule has 4 rings (SSSR count). The Morgan fingerprint density at radius 3 is 2.46 bits per heavy atom. The summed E-state index contributed by atoms with van der Waals surface area (Å²) in [6, 6.07) is 9.10. The zero-order chi connectivity index (χ0) is 27.3. The molecule has 11 heteroatoms. The van der Waals surface area contributed by atoms with Gasteiger partial charge < -0.3 is 23.9 Å². The third-order valence-corrected chi connectivity index (χ3v) is 6.14. The van der Waals surface area contributed by atoms with Crippen LogP contribution in [-0.4, -0.2) is 62.9 Å². The standard InChI is InChI=1S/C26H31N3O7S/c1-26(2,3)35-25(31)29-19-9-8-15(14-28(4)5)10-16(19)11-20(29)17-12-21(34-6)23(36-37(7,32)33)18-13-27-24(30)22(17)18/h8-12H,13-14H2,1-7H3,(H,27,30). The fraction of sp³-hybridized carbons (Fsp3) is 0.385. The first-order valence-corrected chi connectivity index (χ1v) is 13.4. The number of nitrogens with zero attached hydrogens (tertiary/aromatic N) is 2. The number of carbonyl (C=O) groups is 2. The van der Waals surface area contributed by atoms with Gasteiger partial charge in [-0.15, -0.1) is 0 Å². The first-order chi connectivity index (χ1) is 17.2. The molecule has 0 spiro atoms. The molecule has 198 valence electrons. The maximum atomic E-state index is 13.5. The molecule has 2 aromatic carbocycles. The molecule has 1 N–H and O–H groups in total. The van der Waals surface area contributed by atoms with Crippen LogP contribution in [0.4, 0.5) is 4.79 Å². The van der Waals surface area contributed by atoms with Crippen LogP contribution in [-0.2, 0) is 27.9 Å². The van der Waals surface area contributed by atoms with Gasteiger partial charge in [-0.3, -0.25) is 4.79 Å². The fourth-order valence-corrected chi connectivity index (χ4v) is 4.89. The fourth-order valence-electron chi connectivity index (χ4n) is 4.41. The molecule has 1 aliphatic heterocycles. The van der Waals surface area contributed by atoms with Crippen LogP contribution >= 0.6 is 0 Å². The summed E-state index contributed by atoms with van der Waals surface area (Å²) < 4.78 is 41.7.